The zero-order valence-corrected chi connectivity index (χ0v) is 30.5. The molecule has 0 saturated carbocycles. The number of aromatic nitrogens is 1. The molecule has 0 atom stereocenters. The topological polar surface area (TPSA) is 58.5 Å². The molecular weight excluding hydrogens is 695 g/mol. The molecule has 2 N–H and O–H groups in total. The van der Waals surface area contributed by atoms with E-state index in [9.17, 15) is 10.2 Å². The summed E-state index contributed by atoms with van der Waals surface area (Å²) in [5, 5.41) is 30.3. The Bertz CT molecular complexity index is 3350. The van der Waals surface area contributed by atoms with Gasteiger partial charge in [-0.25, -0.2) is 0 Å². The van der Waals surface area contributed by atoms with Gasteiger partial charge in [0.05, 0.1) is 16.7 Å². The summed E-state index contributed by atoms with van der Waals surface area (Å²) >= 11 is 0. The maximum absolute atomic E-state index is 11.4. The van der Waals surface area contributed by atoms with E-state index in [1.807, 2.05) is 48.5 Å². The Labute approximate surface area is 331 Å². The predicted molar refractivity (Wildman–Crippen MR) is 239 cm³/mol. The van der Waals surface area contributed by atoms with Crippen molar-refractivity contribution < 1.29 is 14.6 Å². The lowest BCUT2D eigenvalue weighted by molar-refractivity contribution is 0.409. The predicted octanol–water partition coefficient (Wildman–Crippen LogP) is 9.78. The second kappa shape index (κ2) is 12.5. The van der Waals surface area contributed by atoms with Crippen LogP contribution in [-0.4, -0.2) is 38.3 Å². The van der Waals surface area contributed by atoms with Gasteiger partial charge >= 0.3 is 0 Å². The number of benzene rings is 9. The molecule has 2 heterocycles. The van der Waals surface area contributed by atoms with E-state index >= 15 is 0 Å². The van der Waals surface area contributed by atoms with E-state index in [0.717, 1.165) is 82.5 Å². The Balaban J connectivity index is 1.24. The number of phenolic OH excluding ortho intramolecular Hbond substituents is 2. The summed E-state index contributed by atoms with van der Waals surface area (Å²) < 4.78 is 8.89. The highest BCUT2D eigenvalue weighted by molar-refractivity contribution is 6.60. The third-order valence-electron chi connectivity index (χ3n) is 11.5. The van der Waals surface area contributed by atoms with Crippen LogP contribution in [0.25, 0.3) is 104 Å². The summed E-state index contributed by atoms with van der Waals surface area (Å²) in [5.41, 5.74) is 9.87. The number of hydrogen-bond acceptors (Lipinski definition) is 3. The molecule has 0 saturated heterocycles. The molecule has 0 unspecified atom stereocenters. The van der Waals surface area contributed by atoms with Crippen molar-refractivity contribution in [2.24, 2.45) is 0 Å². The maximum atomic E-state index is 11.4. The molecule has 11 rings (SSSR count). The minimum atomic E-state index is -0.498. The van der Waals surface area contributed by atoms with Crippen LogP contribution in [0.1, 0.15) is 0 Å². The number of para-hydroxylation sites is 3. The number of nitrogens with zero attached hydrogens (tertiary/aromatic N) is 1. The van der Waals surface area contributed by atoms with Crippen LogP contribution >= 0.6 is 0 Å². The average Bonchev–Trinajstić information content (AvgIpc) is 3.80. The van der Waals surface area contributed by atoms with Gasteiger partial charge in [0.15, 0.2) is 5.75 Å². The molecule has 0 aliphatic rings. The van der Waals surface area contributed by atoms with Gasteiger partial charge in [-0.1, -0.05) is 132 Å². The van der Waals surface area contributed by atoms with Crippen molar-refractivity contribution in [3.63, 3.8) is 0 Å². The van der Waals surface area contributed by atoms with Gasteiger partial charge in [-0.3, -0.25) is 0 Å². The zero-order valence-electron chi connectivity index (χ0n) is 30.5. The van der Waals surface area contributed by atoms with Crippen LogP contribution in [0.5, 0.6) is 11.5 Å². The molecule has 7 heteroatoms. The molecule has 260 valence electrons. The van der Waals surface area contributed by atoms with Crippen molar-refractivity contribution in [2.45, 2.75) is 0 Å². The second-order valence-corrected chi connectivity index (χ2v) is 14.5. The summed E-state index contributed by atoms with van der Waals surface area (Å²) in [6.07, 6.45) is 0. The van der Waals surface area contributed by atoms with E-state index in [0.29, 0.717) is 5.56 Å². The van der Waals surface area contributed by atoms with E-state index in [1.165, 1.54) is 10.8 Å². The second-order valence-electron chi connectivity index (χ2n) is 14.5. The van der Waals surface area contributed by atoms with Crippen LogP contribution in [0, 0.1) is 0 Å². The van der Waals surface area contributed by atoms with Crippen LogP contribution in [0.2, 0.25) is 0 Å². The number of aromatic hydroxyl groups is 2. The van der Waals surface area contributed by atoms with E-state index in [-0.39, 0.29) is 22.0 Å². The summed E-state index contributed by atoms with van der Waals surface area (Å²) in [6, 6.07) is 54.4. The third-order valence-corrected chi connectivity index (χ3v) is 11.5. The highest BCUT2D eigenvalue weighted by Crippen LogP contribution is 2.48. The van der Waals surface area contributed by atoms with Crippen molar-refractivity contribution in [2.75, 3.05) is 0 Å². The minimum Gasteiger partial charge on any atom is -0.505 e. The van der Waals surface area contributed by atoms with Crippen molar-refractivity contribution in [1.82, 2.24) is 4.57 Å². The largest absolute Gasteiger partial charge is 0.505 e. The average molecular weight is 723 g/mol. The van der Waals surface area contributed by atoms with Crippen LogP contribution < -0.4 is 16.4 Å². The summed E-state index contributed by atoms with van der Waals surface area (Å²) in [6.45, 7) is 0. The third kappa shape index (κ3) is 4.72. The first-order chi connectivity index (χ1) is 27.9. The number of fused-ring (bicyclic) bond motifs is 8. The Morgan fingerprint density at radius 3 is 1.51 bits per heavy atom. The number of rotatable bonds is 4. The Hall–Kier alpha value is -7.11. The summed E-state index contributed by atoms with van der Waals surface area (Å²) in [5.74, 6) is -0.913. The van der Waals surface area contributed by atoms with Gasteiger partial charge in [0, 0.05) is 38.2 Å². The molecular formula is C50H28B3NO3. The Morgan fingerprint density at radius 2 is 0.895 bits per heavy atom. The van der Waals surface area contributed by atoms with Crippen molar-refractivity contribution >= 4 is 105 Å². The lowest BCUT2D eigenvalue weighted by atomic mass is 9.68. The first-order valence-electron chi connectivity index (χ1n) is 18.8. The molecule has 2 aromatic heterocycles. The first kappa shape index (κ1) is 33.3. The quantitative estimate of drug-likeness (QED) is 0.108. The lowest BCUT2D eigenvalue weighted by Gasteiger charge is -2.22. The van der Waals surface area contributed by atoms with Gasteiger partial charge in [-0.05, 0) is 74.6 Å². The molecule has 0 fully saturated rings. The van der Waals surface area contributed by atoms with Crippen molar-refractivity contribution in [1.29, 1.82) is 0 Å². The molecule has 0 bridgehead atoms. The van der Waals surface area contributed by atoms with Gasteiger partial charge in [-0.2, -0.15) is 0 Å². The smallest absolute Gasteiger partial charge is 0.164 e. The fourth-order valence-electron chi connectivity index (χ4n) is 9.04. The molecule has 57 heavy (non-hydrogen) atoms. The van der Waals surface area contributed by atoms with Crippen LogP contribution in [0.3, 0.4) is 0 Å². The standard InChI is InChI=1S/C50H28B3NO3/c51-46-45(49(55)50(56)48(53)47(46)52)43-33-18-3-1-16-31(33)41(32-17-2-4-19-34(32)43)27-12-11-13-28(26-27)42-38(24-25-40-44(42)35-20-7-10-23-39(35)57-40)54-36-21-8-5-14-29(36)30-15-6-9-22-37(30)54/h1-26,55-56H. The number of furan rings is 1. The van der Waals surface area contributed by atoms with Gasteiger partial charge in [-0.15, -0.1) is 5.46 Å². The highest BCUT2D eigenvalue weighted by atomic mass is 16.3. The van der Waals surface area contributed by atoms with Gasteiger partial charge in [0.1, 0.15) is 40.5 Å². The van der Waals surface area contributed by atoms with Crippen molar-refractivity contribution in [3.8, 4) is 50.6 Å². The monoisotopic (exact) mass is 723 g/mol. The molecule has 11 aromatic rings. The van der Waals surface area contributed by atoms with Crippen LogP contribution in [0.15, 0.2) is 162 Å². The number of phenols is 2. The van der Waals surface area contributed by atoms with Gasteiger partial charge in [0.25, 0.3) is 0 Å². The Morgan fingerprint density at radius 1 is 0.386 bits per heavy atom. The first-order valence-corrected chi connectivity index (χ1v) is 18.8. The van der Waals surface area contributed by atoms with E-state index in [4.69, 9.17) is 28.0 Å². The molecule has 6 radical (unpaired) electrons. The SMILES string of the molecule is [B]c1c([B])c(O)c(O)c(-c2c3ccccc3c(-c3cccc(-c4c(-n5c6ccccc6c6ccccc65)ccc5oc6ccccc6c45)c3)c3ccccc23)c1[B]. The Kier molecular flexibility index (Phi) is 7.27. The number of hydrogen-bond donors (Lipinski definition) is 2. The lowest BCUT2D eigenvalue weighted by Crippen LogP contribution is -2.40. The van der Waals surface area contributed by atoms with Crippen LogP contribution in [0.4, 0.5) is 0 Å². The van der Waals surface area contributed by atoms with Gasteiger partial charge < -0.3 is 19.2 Å². The maximum Gasteiger partial charge on any atom is 0.164 e. The molecule has 4 nitrogen and oxygen atoms in total. The fraction of sp³-hybridized carbons (Fsp3) is 0. The minimum absolute atomic E-state index is 0.0187. The molecule has 9 aromatic carbocycles. The van der Waals surface area contributed by atoms with E-state index < -0.39 is 11.5 Å². The molecule has 0 aliphatic carbocycles. The van der Waals surface area contributed by atoms with Crippen LogP contribution in [-0.2, 0) is 0 Å². The summed E-state index contributed by atoms with van der Waals surface area (Å²) in [7, 11) is 19.0. The molecule has 0 amide bonds. The normalized spacial score (nSPS) is 11.9. The summed E-state index contributed by atoms with van der Waals surface area (Å²) in [4.78, 5) is 0. The van der Waals surface area contributed by atoms with Crippen molar-refractivity contribution in [3.05, 3.63) is 158 Å². The van der Waals surface area contributed by atoms with E-state index in [1.54, 1.807) is 0 Å². The van der Waals surface area contributed by atoms with Gasteiger partial charge in [0.2, 0.25) is 0 Å². The molecule has 0 spiro atoms. The molecule has 0 aliphatic heterocycles. The highest BCUT2D eigenvalue weighted by Gasteiger charge is 2.25. The fourth-order valence-corrected chi connectivity index (χ4v) is 9.04. The van der Waals surface area contributed by atoms with E-state index in [2.05, 4.69) is 114 Å². The zero-order chi connectivity index (χ0) is 38.5.